The Morgan fingerprint density at radius 3 is 0.427 bits per heavy atom. The molecule has 2 aromatic rings. The Morgan fingerprint density at radius 1 is 0.194 bits per heavy atom. The second-order valence-electron chi connectivity index (χ2n) is 46.3. The van der Waals surface area contributed by atoms with Crippen LogP contribution in [0.15, 0.2) is 0 Å². The smallest absolute Gasteiger partial charge is 0.232 e. The van der Waals surface area contributed by atoms with Crippen molar-refractivity contribution in [3.8, 4) is 0 Å². The number of nitrogens with zero attached hydrogens (tertiary/aromatic N) is 18. The molecule has 8 rings (SSSR count). The van der Waals surface area contributed by atoms with Gasteiger partial charge in [-0.15, -0.1) is 0 Å². The molecule has 0 atom stereocenters. The number of hydroxylamine groups is 12. The molecule has 2 aromatic heterocycles. The van der Waals surface area contributed by atoms with Crippen molar-refractivity contribution in [2.24, 2.45) is 0 Å². The fourth-order valence-corrected chi connectivity index (χ4v) is 24.1. The molecule has 24 nitrogen and oxygen atoms in total. The predicted molar refractivity (Wildman–Crippen MR) is 517 cm³/mol. The lowest BCUT2D eigenvalue weighted by Crippen LogP contribution is -2.65. The topological polar surface area (TPSA) is 172 Å². The molecule has 718 valence electrons. The maximum atomic E-state index is 6.87. The van der Waals surface area contributed by atoms with E-state index in [9.17, 15) is 0 Å². The van der Waals surface area contributed by atoms with Gasteiger partial charge in [0.15, 0.2) is 0 Å². The molecule has 8 heterocycles. The van der Waals surface area contributed by atoms with E-state index in [1.807, 2.05) is 0 Å². The van der Waals surface area contributed by atoms with Crippen LogP contribution in [0.5, 0.6) is 0 Å². The first-order valence-electron chi connectivity index (χ1n) is 50.7. The summed E-state index contributed by atoms with van der Waals surface area (Å²) in [5.41, 5.74) is -3.34. The normalized spacial score (nSPS) is 23.3. The number of aromatic nitrogens is 6. The van der Waals surface area contributed by atoms with Gasteiger partial charge in [0.1, 0.15) is 0 Å². The molecule has 124 heavy (non-hydrogen) atoms. The highest BCUT2D eigenvalue weighted by Gasteiger charge is 2.56. The lowest BCUT2D eigenvalue weighted by atomic mass is 9.78. The summed E-state index contributed by atoms with van der Waals surface area (Å²) in [6, 6.07) is 0.748. The van der Waals surface area contributed by atoms with Gasteiger partial charge in [-0.25, -0.2) is 0 Å². The van der Waals surface area contributed by atoms with Gasteiger partial charge in [0, 0.05) is 142 Å². The minimum absolute atomic E-state index is 0.0879. The molecule has 6 saturated heterocycles. The number of anilines is 6. The number of piperidine rings is 6. The van der Waals surface area contributed by atoms with Gasteiger partial charge in [0.05, 0.1) is 39.6 Å². The highest BCUT2D eigenvalue weighted by molar-refractivity contribution is 5.51. The van der Waals surface area contributed by atoms with Gasteiger partial charge in [-0.2, -0.15) is 60.3 Å². The molecule has 6 fully saturated rings. The quantitative estimate of drug-likeness (QED) is 0.0572. The van der Waals surface area contributed by atoms with Crippen molar-refractivity contribution in [3.63, 3.8) is 0 Å². The van der Waals surface area contributed by atoms with Gasteiger partial charge >= 0.3 is 0 Å². The van der Waals surface area contributed by atoms with Gasteiger partial charge in [-0.1, -0.05) is 108 Å². The Bertz CT molecular complexity index is 3020. The predicted octanol–water partition coefficient (Wildman–Crippen LogP) is 22.5. The molecule has 6 aliphatic heterocycles. The van der Waals surface area contributed by atoms with Gasteiger partial charge < -0.3 is 29.4 Å². The lowest BCUT2D eigenvalue weighted by molar-refractivity contribution is -0.283. The fraction of sp³-hybridized carbons (Fsp3) is 0.940. The maximum Gasteiger partial charge on any atom is 0.232 e. The zero-order valence-corrected chi connectivity index (χ0v) is 86.7. The fourth-order valence-electron chi connectivity index (χ4n) is 24.1. The van der Waals surface area contributed by atoms with Crippen LogP contribution in [0.3, 0.4) is 0 Å². The zero-order valence-electron chi connectivity index (χ0n) is 86.7. The molecular weight excluding hydrogens is 1550 g/mol. The third-order valence-corrected chi connectivity index (χ3v) is 27.9. The number of unbranched alkanes of at least 4 members (excludes halogenated alkanes) is 7. The molecule has 0 N–H and O–H groups in total. The third kappa shape index (κ3) is 26.2. The summed E-state index contributed by atoms with van der Waals surface area (Å²) in [7, 11) is 0. The summed E-state index contributed by atoms with van der Waals surface area (Å²) in [5.74, 6) is 4.80. The van der Waals surface area contributed by atoms with E-state index in [0.29, 0.717) is 39.6 Å². The van der Waals surface area contributed by atoms with Crippen molar-refractivity contribution < 1.29 is 29.0 Å². The number of hydrogen-bond acceptors (Lipinski definition) is 24. The van der Waals surface area contributed by atoms with Crippen LogP contribution >= 0.6 is 0 Å². The minimum atomic E-state index is -0.309. The highest BCUT2D eigenvalue weighted by atomic mass is 16.7. The first kappa shape index (κ1) is 106. The van der Waals surface area contributed by atoms with Crippen LogP contribution in [0.1, 0.15) is 428 Å². The summed E-state index contributed by atoms with van der Waals surface area (Å²) in [4.78, 5) is 92.9. The van der Waals surface area contributed by atoms with E-state index in [0.717, 1.165) is 268 Å². The van der Waals surface area contributed by atoms with E-state index in [1.165, 1.54) is 0 Å². The van der Waals surface area contributed by atoms with Crippen LogP contribution in [0, 0.1) is 0 Å². The average molecular weight is 1740 g/mol. The minimum Gasteiger partial charge on any atom is -0.337 e. The molecule has 0 aromatic carbocycles. The van der Waals surface area contributed by atoms with Crippen LogP contribution in [0.25, 0.3) is 0 Å². The lowest BCUT2D eigenvalue weighted by Gasteiger charge is -2.56. The zero-order chi connectivity index (χ0) is 92.0. The SMILES string of the molecule is CCCCN(c1nc(N(CCCC)C2CC(C)(C)N(OCCC)C(C)(C)C2)nc(N(CCCCCCN(c2nc(N(CCCC)C3CC(C)(C)N(OCCC)C(C)(C)C3)nc(N(CCCC)C3CC(C)(C)N(OCCC)C(C)(C)C3)n2)C2CC(C)(C)N(OCCC)C(C)(C)C2)C2CC(C)(C)N(OCCC)C(C)(C)C2)n1)C1CC(C)(C)N(OCCC)C(C)(C)C1. The molecule has 0 unspecified atom stereocenters. The van der Waals surface area contributed by atoms with Crippen molar-refractivity contribution >= 4 is 35.7 Å². The van der Waals surface area contributed by atoms with Crippen molar-refractivity contribution in [1.82, 2.24) is 60.3 Å². The van der Waals surface area contributed by atoms with Crippen molar-refractivity contribution in [2.45, 2.75) is 531 Å². The second kappa shape index (κ2) is 44.3. The molecule has 24 heteroatoms. The summed E-state index contributed by atoms with van der Waals surface area (Å²) >= 11 is 0. The van der Waals surface area contributed by atoms with E-state index >= 15 is 0 Å². The van der Waals surface area contributed by atoms with Crippen LogP contribution < -0.4 is 29.4 Å². The Morgan fingerprint density at radius 2 is 0.315 bits per heavy atom. The van der Waals surface area contributed by atoms with Crippen LogP contribution in [-0.4, -0.2) is 242 Å². The van der Waals surface area contributed by atoms with E-state index in [1.54, 1.807) is 0 Å². The van der Waals surface area contributed by atoms with Gasteiger partial charge in [-0.3, -0.25) is 29.0 Å². The summed E-state index contributed by atoms with van der Waals surface area (Å²) < 4.78 is 0. The van der Waals surface area contributed by atoms with E-state index in [4.69, 9.17) is 58.9 Å². The van der Waals surface area contributed by atoms with Crippen LogP contribution in [-0.2, 0) is 29.0 Å². The summed E-state index contributed by atoms with van der Waals surface area (Å²) in [6.45, 7) is 89.1. The van der Waals surface area contributed by atoms with E-state index in [2.05, 4.69) is 295 Å². The maximum absolute atomic E-state index is 6.87. The molecule has 0 saturated carbocycles. The van der Waals surface area contributed by atoms with E-state index < -0.39 is 0 Å². The second-order valence-corrected chi connectivity index (χ2v) is 46.3. The molecule has 0 aliphatic carbocycles. The average Bonchev–Trinajstić information content (AvgIpc) is 0.750. The van der Waals surface area contributed by atoms with Gasteiger partial charge in [0.25, 0.3) is 0 Å². The Kier molecular flexibility index (Phi) is 37.7. The van der Waals surface area contributed by atoms with Crippen LogP contribution in [0.2, 0.25) is 0 Å². The summed E-state index contributed by atoms with van der Waals surface area (Å²) in [5, 5.41) is 14.0. The first-order valence-corrected chi connectivity index (χ1v) is 50.7. The van der Waals surface area contributed by atoms with Gasteiger partial charge in [0.2, 0.25) is 35.7 Å². The van der Waals surface area contributed by atoms with Crippen molar-refractivity contribution in [1.29, 1.82) is 0 Å². The number of hydrogen-bond donors (Lipinski definition) is 0. The van der Waals surface area contributed by atoms with Crippen molar-refractivity contribution in [3.05, 3.63) is 0 Å². The third-order valence-electron chi connectivity index (χ3n) is 27.9. The summed E-state index contributed by atoms with van der Waals surface area (Å²) in [6.07, 6.45) is 28.7. The number of rotatable bonds is 49. The molecule has 0 radical (unpaired) electrons. The molecule has 0 spiro atoms. The van der Waals surface area contributed by atoms with E-state index in [-0.39, 0.29) is 103 Å². The standard InChI is InChI=1S/C100H192N18O6/c1-35-45-53-107(77-65-89(11,12)113(119-59-39-5)90(13,14)66-77)83-101-84(108(54-46-36-2)78-67-91(15,16)114(120-60-40-6)92(17,18)68-78)104-87(103-83)111(81-73-97(27,28)117(123-63-43-9)98(29,30)74-81)57-51-49-50-52-58-112(82-75-99(31,32)118(124-64-44-10)100(33,34)76-82)88-105-85(109(55-47-37-3)79-69-93(19,20)115(121-61-41-7)94(21,22)70-79)102-86(106-88)110(56-48-38-4)80-71-95(23,24)116(122-62-42-8)96(25,26)72-80/h77-82H,35-76H2,1-34H3. The Balaban J connectivity index is 1.30. The highest BCUT2D eigenvalue weighted by Crippen LogP contribution is 2.50. The van der Waals surface area contributed by atoms with Gasteiger partial charge in [-0.05, 0) is 320 Å². The Labute approximate surface area is 760 Å². The Hall–Kier alpha value is -3.66. The molecule has 6 aliphatic rings. The monoisotopic (exact) mass is 1740 g/mol. The van der Waals surface area contributed by atoms with Crippen molar-refractivity contribution in [2.75, 3.05) is 108 Å². The molecule has 0 bridgehead atoms. The molecular formula is C100H192N18O6. The largest absolute Gasteiger partial charge is 0.337 e. The van der Waals surface area contributed by atoms with Crippen LogP contribution in [0.4, 0.5) is 35.7 Å². The first-order chi connectivity index (χ1) is 58.0. The molecule has 0 amide bonds.